The van der Waals surface area contributed by atoms with E-state index in [4.69, 9.17) is 18.9 Å². The van der Waals surface area contributed by atoms with Gasteiger partial charge in [0.2, 0.25) is 16.5 Å². The van der Waals surface area contributed by atoms with E-state index < -0.39 is 63.3 Å². The molecule has 13 nitrogen and oxygen atoms in total. The van der Waals surface area contributed by atoms with Crippen molar-refractivity contribution in [1.82, 2.24) is 20.5 Å². The number of nitrogens with zero attached hydrogens (tertiary/aromatic N) is 2. The fraction of sp³-hybridized carbons (Fsp3) is 0.568. The number of benzene rings is 1. The van der Waals surface area contributed by atoms with Gasteiger partial charge in [-0.15, -0.1) is 6.58 Å². The van der Waals surface area contributed by atoms with Crippen LogP contribution in [0.4, 0.5) is 4.79 Å². The van der Waals surface area contributed by atoms with Crippen LogP contribution in [0.15, 0.2) is 30.9 Å². The Morgan fingerprint density at radius 2 is 1.80 bits per heavy atom. The summed E-state index contributed by atoms with van der Waals surface area (Å²) >= 11 is 3.00. The molecular weight excluding hydrogens is 724 g/mol. The third-order valence-electron chi connectivity index (χ3n) is 10.3. The number of fused-ring (bicyclic) bond motifs is 1. The van der Waals surface area contributed by atoms with Crippen molar-refractivity contribution in [3.8, 4) is 11.5 Å². The van der Waals surface area contributed by atoms with E-state index in [9.17, 15) is 24.0 Å². The molecule has 1 aromatic heterocycles. The van der Waals surface area contributed by atoms with Gasteiger partial charge in [-0.3, -0.25) is 14.4 Å². The average molecular weight is 772 g/mol. The van der Waals surface area contributed by atoms with Gasteiger partial charge in [-0.25, -0.2) is 14.6 Å². The van der Waals surface area contributed by atoms with Crippen molar-refractivity contribution in [1.29, 1.82) is 0 Å². The van der Waals surface area contributed by atoms with E-state index in [1.54, 1.807) is 18.2 Å². The molecule has 1 aliphatic heterocycles. The SMILES string of the molecule is C=C[C@@H]1C[C@]1(NC(=O)[C@@H]1C[C@@H](Oc2cc(C(=O)Br)nc3c(C)c(OC)ccc23)CN1C(=O)[C@H](NC(=O)OC1(C)CCCC1)C(C)(C)C)C(=O)OC. The first-order valence-electron chi connectivity index (χ1n) is 17.1. The highest BCUT2D eigenvalue weighted by Gasteiger charge is 2.62. The summed E-state index contributed by atoms with van der Waals surface area (Å²) < 4.78 is 22.4. The monoisotopic (exact) mass is 770 g/mol. The molecule has 3 amide bonds. The van der Waals surface area contributed by atoms with Gasteiger partial charge in [0, 0.05) is 29.4 Å². The van der Waals surface area contributed by atoms with E-state index in [0.29, 0.717) is 34.4 Å². The highest BCUT2D eigenvalue weighted by atomic mass is 79.9. The number of nitrogens with one attached hydrogen (secondary N) is 2. The van der Waals surface area contributed by atoms with Gasteiger partial charge in [-0.05, 0) is 79.4 Å². The molecule has 5 atom stereocenters. The molecule has 5 rings (SSSR count). The first kappa shape index (κ1) is 38.0. The molecule has 3 fully saturated rings. The van der Waals surface area contributed by atoms with E-state index in [2.05, 4.69) is 38.1 Å². The second kappa shape index (κ2) is 14.4. The smallest absolute Gasteiger partial charge is 0.408 e. The normalized spacial score (nSPS) is 24.3. The van der Waals surface area contributed by atoms with Crippen LogP contribution in [0, 0.1) is 18.3 Å². The van der Waals surface area contributed by atoms with Crippen LogP contribution in [0.1, 0.15) is 82.3 Å². The number of likely N-dealkylation sites (tertiary alicyclic amines) is 1. The Bertz CT molecular complexity index is 1750. The van der Waals surface area contributed by atoms with Crippen LogP contribution >= 0.6 is 15.9 Å². The Labute approximate surface area is 306 Å². The zero-order valence-electron chi connectivity index (χ0n) is 30.2. The lowest BCUT2D eigenvalue weighted by molar-refractivity contribution is -0.148. The summed E-state index contributed by atoms with van der Waals surface area (Å²) in [7, 11) is 2.79. The third kappa shape index (κ3) is 7.70. The van der Waals surface area contributed by atoms with Crippen molar-refractivity contribution in [2.24, 2.45) is 11.3 Å². The molecule has 0 bridgehead atoms. The molecule has 2 aliphatic carbocycles. The number of ether oxygens (including phenoxy) is 4. The van der Waals surface area contributed by atoms with E-state index in [-0.39, 0.29) is 24.6 Å². The predicted octanol–water partition coefficient (Wildman–Crippen LogP) is 5.14. The van der Waals surface area contributed by atoms with Gasteiger partial charge in [0.05, 0.1) is 26.3 Å². The highest BCUT2D eigenvalue weighted by Crippen LogP contribution is 2.46. The van der Waals surface area contributed by atoms with Gasteiger partial charge >= 0.3 is 12.1 Å². The van der Waals surface area contributed by atoms with Crippen LogP contribution in [0.5, 0.6) is 11.5 Å². The van der Waals surface area contributed by atoms with E-state index in [1.165, 1.54) is 25.2 Å². The van der Waals surface area contributed by atoms with Gasteiger partial charge in [-0.1, -0.05) is 26.8 Å². The zero-order chi connectivity index (χ0) is 37.5. The maximum atomic E-state index is 14.6. The topological polar surface area (TPSA) is 162 Å². The quantitative estimate of drug-likeness (QED) is 0.178. The number of aromatic nitrogens is 1. The second-order valence-electron chi connectivity index (χ2n) is 15.0. The number of hydrogen-bond acceptors (Lipinski definition) is 10. The summed E-state index contributed by atoms with van der Waals surface area (Å²) in [5.41, 5.74) is -1.41. The molecular formula is C37H47BrN4O9. The van der Waals surface area contributed by atoms with Crippen LogP contribution in [0.3, 0.4) is 0 Å². The van der Waals surface area contributed by atoms with Crippen LogP contribution < -0.4 is 20.1 Å². The first-order valence-corrected chi connectivity index (χ1v) is 17.9. The minimum atomic E-state index is -1.30. The number of hydrogen-bond donors (Lipinski definition) is 2. The lowest BCUT2D eigenvalue weighted by atomic mass is 9.85. The number of aryl methyl sites for hydroxylation is 1. The largest absolute Gasteiger partial charge is 0.496 e. The molecule has 1 aromatic carbocycles. The molecule has 14 heteroatoms. The number of rotatable bonds is 11. The van der Waals surface area contributed by atoms with E-state index in [1.807, 2.05) is 34.6 Å². The van der Waals surface area contributed by atoms with Gasteiger partial charge in [0.25, 0.3) is 0 Å². The lowest BCUT2D eigenvalue weighted by Crippen LogP contribution is -2.59. The molecule has 2 N–H and O–H groups in total. The lowest BCUT2D eigenvalue weighted by Gasteiger charge is -2.36. The summed E-state index contributed by atoms with van der Waals surface area (Å²) in [5.74, 6) is -1.14. The van der Waals surface area contributed by atoms with Crippen molar-refractivity contribution in [2.45, 2.75) is 102 Å². The van der Waals surface area contributed by atoms with Crippen molar-refractivity contribution in [2.75, 3.05) is 20.8 Å². The number of carbonyl (C=O) groups is 5. The molecule has 2 heterocycles. The van der Waals surface area contributed by atoms with Crippen molar-refractivity contribution in [3.63, 3.8) is 0 Å². The van der Waals surface area contributed by atoms with Crippen LogP contribution in [0.25, 0.3) is 10.9 Å². The minimum Gasteiger partial charge on any atom is -0.496 e. The molecule has 2 saturated carbocycles. The van der Waals surface area contributed by atoms with Crippen LogP contribution in [0.2, 0.25) is 0 Å². The molecule has 0 radical (unpaired) electrons. The third-order valence-corrected chi connectivity index (χ3v) is 10.7. The standard InChI is InChI=1S/C37H47BrN4O9/c1-9-21-18-37(21,33(46)49-8)41-31(44)25-16-22(50-27-17-24(30(38)43)39-28-20(2)26(48-7)13-12-23(27)28)19-42(25)32(45)29(35(3,4)5)40-34(47)51-36(6)14-10-11-15-36/h9,12-13,17,21-22,25,29H,1,10-11,14-16,18-19H2,2-8H3,(H,40,47)(H,41,44)/t21-,22-,25+,29+,37-/m1/s1. The first-order chi connectivity index (χ1) is 24.0. The maximum Gasteiger partial charge on any atom is 0.408 e. The molecule has 1 saturated heterocycles. The molecule has 2 aromatic rings. The van der Waals surface area contributed by atoms with Gasteiger partial charge in [-0.2, -0.15) is 0 Å². The number of pyridine rings is 1. The van der Waals surface area contributed by atoms with E-state index in [0.717, 1.165) is 25.7 Å². The molecule has 3 aliphatic rings. The Balaban J connectivity index is 1.49. The number of amides is 3. The number of alkyl carbamates (subject to hydrolysis) is 1. The van der Waals surface area contributed by atoms with E-state index >= 15 is 0 Å². The fourth-order valence-corrected chi connectivity index (χ4v) is 7.45. The maximum absolute atomic E-state index is 14.6. The number of esters is 1. The Morgan fingerprint density at radius 3 is 2.37 bits per heavy atom. The Hall–Kier alpha value is -4.20. The van der Waals surface area contributed by atoms with Crippen LogP contribution in [-0.2, 0) is 23.9 Å². The van der Waals surface area contributed by atoms with Gasteiger partial charge < -0.3 is 34.5 Å². The van der Waals surface area contributed by atoms with Gasteiger partial charge in [0.1, 0.15) is 46.5 Å². The number of halogens is 1. The molecule has 0 unspecified atom stereocenters. The van der Waals surface area contributed by atoms with Crippen molar-refractivity contribution < 1.29 is 42.9 Å². The fourth-order valence-electron chi connectivity index (χ4n) is 7.25. The summed E-state index contributed by atoms with van der Waals surface area (Å²) in [6.45, 7) is 12.9. The molecule has 0 spiro atoms. The Morgan fingerprint density at radius 1 is 1.12 bits per heavy atom. The molecule has 276 valence electrons. The Kier molecular flexibility index (Phi) is 10.8. The van der Waals surface area contributed by atoms with Crippen molar-refractivity contribution in [3.05, 3.63) is 42.1 Å². The van der Waals surface area contributed by atoms with Crippen LogP contribution in [-0.4, -0.2) is 88.5 Å². The predicted molar refractivity (Wildman–Crippen MR) is 192 cm³/mol. The zero-order valence-corrected chi connectivity index (χ0v) is 31.8. The summed E-state index contributed by atoms with van der Waals surface area (Å²) in [5, 5.41) is 6.26. The number of carbonyl (C=O) groups excluding carboxylic acids is 5. The van der Waals surface area contributed by atoms with Crippen molar-refractivity contribution >= 4 is 55.4 Å². The second-order valence-corrected chi connectivity index (χ2v) is 15.8. The highest BCUT2D eigenvalue weighted by molar-refractivity contribution is 9.18. The molecule has 51 heavy (non-hydrogen) atoms. The average Bonchev–Trinajstić information content (AvgIpc) is 3.36. The van der Waals surface area contributed by atoms with Gasteiger partial charge in [0.15, 0.2) is 0 Å². The minimum absolute atomic E-state index is 0.0371. The number of methoxy groups -OCH3 is 2. The summed E-state index contributed by atoms with van der Waals surface area (Å²) in [6.07, 6.45) is 3.85. The summed E-state index contributed by atoms with van der Waals surface area (Å²) in [4.78, 5) is 73.2. The summed E-state index contributed by atoms with van der Waals surface area (Å²) in [6, 6.07) is 2.89.